The maximum atomic E-state index is 11.6. The number of hydrazone groups is 2. The van der Waals surface area contributed by atoms with Gasteiger partial charge in [-0.25, -0.2) is 10.9 Å². The summed E-state index contributed by atoms with van der Waals surface area (Å²) in [7, 11) is 0. The van der Waals surface area contributed by atoms with Crippen molar-refractivity contribution < 1.29 is 19.8 Å². The summed E-state index contributed by atoms with van der Waals surface area (Å²) in [5.41, 5.74) is 5.80. The quantitative estimate of drug-likeness (QED) is 0.357. The van der Waals surface area contributed by atoms with Crippen LogP contribution in [-0.2, 0) is 9.59 Å². The summed E-state index contributed by atoms with van der Waals surface area (Å²) >= 11 is 0. The fraction of sp³-hybridized carbons (Fsp3) is 0.0588. The number of rotatable bonds is 6. The number of hydrogen-bond acceptors (Lipinski definition) is 6. The van der Waals surface area contributed by atoms with Gasteiger partial charge in [0.05, 0.1) is 12.4 Å². The minimum atomic E-state index is -0.590. The van der Waals surface area contributed by atoms with Gasteiger partial charge in [0, 0.05) is 0 Å². The fourth-order valence-corrected chi connectivity index (χ4v) is 1.70. The highest BCUT2D eigenvalue weighted by Crippen LogP contribution is 2.08. The maximum absolute atomic E-state index is 11.6. The summed E-state index contributed by atoms with van der Waals surface area (Å²) in [6.07, 6.45) is 2.34. The molecular formula is C17H16N4O4. The van der Waals surface area contributed by atoms with Crippen LogP contribution >= 0.6 is 0 Å². The summed E-state index contributed by atoms with van der Waals surface area (Å²) in [6.45, 7) is 0. The molecule has 2 aromatic carbocycles. The average molecular weight is 340 g/mol. The summed E-state index contributed by atoms with van der Waals surface area (Å²) in [6, 6.07) is 12.4. The van der Waals surface area contributed by atoms with Crippen LogP contribution in [0, 0.1) is 0 Å². The van der Waals surface area contributed by atoms with Gasteiger partial charge in [-0.3, -0.25) is 9.59 Å². The predicted octanol–water partition coefficient (Wildman–Crippen LogP) is 1.09. The van der Waals surface area contributed by atoms with Crippen LogP contribution in [0.3, 0.4) is 0 Å². The van der Waals surface area contributed by atoms with Crippen molar-refractivity contribution in [3.63, 3.8) is 0 Å². The van der Waals surface area contributed by atoms with Crippen LogP contribution in [0.25, 0.3) is 0 Å². The largest absolute Gasteiger partial charge is 0.508 e. The Kier molecular flexibility index (Phi) is 6.24. The summed E-state index contributed by atoms with van der Waals surface area (Å²) < 4.78 is 0. The minimum absolute atomic E-state index is 0.130. The van der Waals surface area contributed by atoms with Gasteiger partial charge in [-0.2, -0.15) is 10.2 Å². The Labute approximate surface area is 143 Å². The first-order valence-corrected chi connectivity index (χ1v) is 7.25. The van der Waals surface area contributed by atoms with Gasteiger partial charge in [-0.05, 0) is 59.7 Å². The first kappa shape index (κ1) is 17.7. The average Bonchev–Trinajstić information content (AvgIpc) is 2.58. The lowest BCUT2D eigenvalue weighted by Gasteiger charge is -1.99. The van der Waals surface area contributed by atoms with E-state index in [1.807, 2.05) is 0 Å². The van der Waals surface area contributed by atoms with E-state index in [4.69, 9.17) is 10.2 Å². The first-order chi connectivity index (χ1) is 12.0. The highest BCUT2D eigenvalue weighted by Gasteiger charge is 2.07. The lowest BCUT2D eigenvalue weighted by atomic mass is 10.2. The topological polar surface area (TPSA) is 123 Å². The Bertz CT molecular complexity index is 716. The number of benzene rings is 2. The Balaban J connectivity index is 1.73. The molecule has 25 heavy (non-hydrogen) atoms. The van der Waals surface area contributed by atoms with Crippen LogP contribution in [0.15, 0.2) is 58.7 Å². The Morgan fingerprint density at radius 2 is 1.12 bits per heavy atom. The molecule has 0 atom stereocenters. The molecule has 0 heterocycles. The molecule has 0 spiro atoms. The van der Waals surface area contributed by atoms with Gasteiger partial charge in [0.1, 0.15) is 17.9 Å². The van der Waals surface area contributed by atoms with E-state index >= 15 is 0 Å². The molecule has 2 aromatic rings. The van der Waals surface area contributed by atoms with Gasteiger partial charge in [0.2, 0.25) is 11.8 Å². The van der Waals surface area contributed by atoms with Crippen molar-refractivity contribution in [3.05, 3.63) is 59.7 Å². The third-order valence-electron chi connectivity index (χ3n) is 2.91. The molecule has 0 aliphatic carbocycles. The molecule has 0 saturated carbocycles. The molecule has 128 valence electrons. The first-order valence-electron chi connectivity index (χ1n) is 7.25. The van der Waals surface area contributed by atoms with E-state index in [0.717, 1.165) is 0 Å². The Morgan fingerprint density at radius 1 is 0.760 bits per heavy atom. The van der Waals surface area contributed by atoms with Crippen molar-refractivity contribution in [3.8, 4) is 11.5 Å². The van der Waals surface area contributed by atoms with Gasteiger partial charge in [0.15, 0.2) is 0 Å². The number of carbonyl (C=O) groups excluding carboxylic acids is 2. The fourth-order valence-electron chi connectivity index (χ4n) is 1.70. The van der Waals surface area contributed by atoms with E-state index < -0.39 is 18.2 Å². The highest BCUT2D eigenvalue weighted by molar-refractivity contribution is 5.97. The minimum Gasteiger partial charge on any atom is -0.508 e. The van der Waals surface area contributed by atoms with Crippen LogP contribution in [-0.4, -0.2) is 34.5 Å². The number of phenolic OH excluding ortho intramolecular Hbond substituents is 2. The number of aromatic hydroxyl groups is 2. The number of nitrogens with one attached hydrogen (secondary N) is 2. The molecule has 0 saturated heterocycles. The highest BCUT2D eigenvalue weighted by atomic mass is 16.3. The van der Waals surface area contributed by atoms with Gasteiger partial charge < -0.3 is 10.2 Å². The van der Waals surface area contributed by atoms with Gasteiger partial charge >= 0.3 is 0 Å². The molecule has 0 aliphatic rings. The number of phenols is 2. The number of nitrogens with zero attached hydrogens (tertiary/aromatic N) is 2. The monoisotopic (exact) mass is 340 g/mol. The lowest BCUT2D eigenvalue weighted by Crippen LogP contribution is -2.27. The standard InChI is InChI=1S/C17H16N4O4/c22-14-5-1-12(2-6-14)10-18-20-16(24)9-17(25)21-19-11-13-3-7-15(23)8-4-13/h1-8,10-11,22-23H,9H2,(H,20,24)(H,21,25)/b18-10-,19-11+. The van der Waals surface area contributed by atoms with Crippen molar-refractivity contribution >= 4 is 24.2 Å². The van der Waals surface area contributed by atoms with Gasteiger partial charge in [-0.1, -0.05) is 0 Å². The van der Waals surface area contributed by atoms with Crippen molar-refractivity contribution in [2.24, 2.45) is 10.2 Å². The zero-order chi connectivity index (χ0) is 18.1. The van der Waals surface area contributed by atoms with E-state index in [0.29, 0.717) is 11.1 Å². The van der Waals surface area contributed by atoms with E-state index in [1.165, 1.54) is 36.7 Å². The molecule has 0 fully saturated rings. The zero-order valence-electron chi connectivity index (χ0n) is 13.1. The third kappa shape index (κ3) is 6.53. The Hall–Kier alpha value is -3.68. The number of carbonyl (C=O) groups is 2. The Morgan fingerprint density at radius 3 is 1.48 bits per heavy atom. The third-order valence-corrected chi connectivity index (χ3v) is 2.91. The van der Waals surface area contributed by atoms with E-state index in [9.17, 15) is 9.59 Å². The second kappa shape index (κ2) is 8.82. The normalized spacial score (nSPS) is 10.9. The molecule has 8 nitrogen and oxygen atoms in total. The van der Waals surface area contributed by atoms with E-state index in [1.54, 1.807) is 24.3 Å². The number of hydrogen-bond donors (Lipinski definition) is 4. The lowest BCUT2D eigenvalue weighted by molar-refractivity contribution is -0.129. The van der Waals surface area contributed by atoms with Crippen molar-refractivity contribution in [2.45, 2.75) is 6.42 Å². The van der Waals surface area contributed by atoms with Crippen molar-refractivity contribution in [1.82, 2.24) is 10.9 Å². The summed E-state index contributed by atoms with van der Waals surface area (Å²) in [5.74, 6) is -0.920. The molecule has 0 radical (unpaired) electrons. The van der Waals surface area contributed by atoms with Crippen molar-refractivity contribution in [1.29, 1.82) is 0 Å². The molecule has 0 aromatic heterocycles. The van der Waals surface area contributed by atoms with Crippen LogP contribution < -0.4 is 10.9 Å². The van der Waals surface area contributed by atoms with Crippen LogP contribution in [0.1, 0.15) is 17.5 Å². The molecule has 0 bridgehead atoms. The van der Waals surface area contributed by atoms with Crippen molar-refractivity contribution in [2.75, 3.05) is 0 Å². The molecule has 2 amide bonds. The smallest absolute Gasteiger partial charge is 0.249 e. The zero-order valence-corrected chi connectivity index (χ0v) is 13.1. The van der Waals surface area contributed by atoms with E-state index in [-0.39, 0.29) is 11.5 Å². The maximum Gasteiger partial charge on any atom is 0.249 e. The predicted molar refractivity (Wildman–Crippen MR) is 92.3 cm³/mol. The van der Waals surface area contributed by atoms with Gasteiger partial charge in [0.25, 0.3) is 0 Å². The molecule has 2 rings (SSSR count). The second-order valence-electron chi connectivity index (χ2n) is 4.95. The number of amides is 2. The van der Waals surface area contributed by atoms with E-state index in [2.05, 4.69) is 21.1 Å². The summed E-state index contributed by atoms with van der Waals surface area (Å²) in [5, 5.41) is 25.7. The molecule has 4 N–H and O–H groups in total. The molecule has 0 aliphatic heterocycles. The molecule has 8 heteroatoms. The SMILES string of the molecule is O=C(CC(=O)N/N=C/c1ccc(O)cc1)N/N=C\c1ccc(O)cc1. The van der Waals surface area contributed by atoms with Crippen LogP contribution in [0.2, 0.25) is 0 Å². The van der Waals surface area contributed by atoms with Crippen LogP contribution in [0.5, 0.6) is 11.5 Å². The van der Waals surface area contributed by atoms with Crippen LogP contribution in [0.4, 0.5) is 0 Å². The second-order valence-corrected chi connectivity index (χ2v) is 4.95. The summed E-state index contributed by atoms with van der Waals surface area (Å²) in [4.78, 5) is 23.1. The molecule has 0 unspecified atom stereocenters. The van der Waals surface area contributed by atoms with Gasteiger partial charge in [-0.15, -0.1) is 0 Å². The molecular weight excluding hydrogens is 324 g/mol.